The molecule has 146 valence electrons. The summed E-state index contributed by atoms with van der Waals surface area (Å²) >= 11 is 0. The van der Waals surface area contributed by atoms with Crippen molar-refractivity contribution in [1.29, 1.82) is 0 Å². The van der Waals surface area contributed by atoms with Crippen LogP contribution in [-0.2, 0) is 9.53 Å². The van der Waals surface area contributed by atoms with Crippen molar-refractivity contribution in [2.75, 3.05) is 26.2 Å². The summed E-state index contributed by atoms with van der Waals surface area (Å²) in [5, 5.41) is 2.97. The molecule has 1 unspecified atom stereocenters. The van der Waals surface area contributed by atoms with E-state index in [-0.39, 0.29) is 17.6 Å². The number of carbonyl (C=O) groups is 1. The molecule has 5 nitrogen and oxygen atoms in total. The molecule has 2 aliphatic heterocycles. The maximum atomic E-state index is 12.0. The number of nitrogens with zero attached hydrogens (tertiary/aromatic N) is 2. The number of likely N-dealkylation sites (tertiary alicyclic amines) is 1. The Morgan fingerprint density at radius 2 is 2.04 bits per heavy atom. The van der Waals surface area contributed by atoms with Crippen LogP contribution >= 0.6 is 0 Å². The Balaban J connectivity index is 1.39. The van der Waals surface area contributed by atoms with Gasteiger partial charge in [0, 0.05) is 44.6 Å². The number of nitrogens with one attached hydrogen (secondary N) is 1. The molecule has 0 aliphatic carbocycles. The normalized spacial score (nSPS) is 22.2. The first-order valence-electron chi connectivity index (χ1n) is 9.94. The van der Waals surface area contributed by atoms with Gasteiger partial charge in [-0.25, -0.2) is 0 Å². The summed E-state index contributed by atoms with van der Waals surface area (Å²) < 4.78 is 6.39. The van der Waals surface area contributed by atoms with E-state index in [4.69, 9.17) is 4.74 Å². The van der Waals surface area contributed by atoms with E-state index in [1.807, 2.05) is 12.1 Å². The molecule has 2 aliphatic rings. The molecule has 0 bridgehead atoms. The number of amides is 1. The molecule has 0 saturated carbocycles. The second-order valence-corrected chi connectivity index (χ2v) is 7.90. The molecule has 27 heavy (non-hydrogen) atoms. The number of pyridine rings is 1. The predicted molar refractivity (Wildman–Crippen MR) is 108 cm³/mol. The summed E-state index contributed by atoms with van der Waals surface area (Å²) in [6.07, 6.45) is 13.6. The van der Waals surface area contributed by atoms with Crippen molar-refractivity contribution in [3.05, 3.63) is 47.8 Å². The minimum absolute atomic E-state index is 0.0315. The van der Waals surface area contributed by atoms with Crippen molar-refractivity contribution in [2.24, 2.45) is 0 Å². The zero-order valence-electron chi connectivity index (χ0n) is 16.5. The predicted octanol–water partition coefficient (Wildman–Crippen LogP) is 3.19. The van der Waals surface area contributed by atoms with E-state index in [2.05, 4.69) is 35.1 Å². The van der Waals surface area contributed by atoms with E-state index < -0.39 is 0 Å². The van der Waals surface area contributed by atoms with Gasteiger partial charge in [-0.05, 0) is 63.3 Å². The van der Waals surface area contributed by atoms with Crippen LogP contribution in [0.3, 0.4) is 0 Å². The van der Waals surface area contributed by atoms with Gasteiger partial charge in [0.1, 0.15) is 0 Å². The Hall–Kier alpha value is -1.98. The minimum atomic E-state index is -0.0760. The van der Waals surface area contributed by atoms with Crippen LogP contribution < -0.4 is 5.32 Å². The molecule has 0 radical (unpaired) electrons. The Morgan fingerprint density at radius 1 is 1.30 bits per heavy atom. The number of piperidine rings is 1. The maximum Gasteiger partial charge on any atom is 0.244 e. The Kier molecular flexibility index (Phi) is 6.80. The summed E-state index contributed by atoms with van der Waals surface area (Å²) in [5.74, 6) is -0.0760. The van der Waals surface area contributed by atoms with E-state index in [0.717, 1.165) is 50.9 Å². The average molecular weight is 370 g/mol. The van der Waals surface area contributed by atoms with Crippen molar-refractivity contribution < 1.29 is 9.53 Å². The van der Waals surface area contributed by atoms with Gasteiger partial charge in [-0.3, -0.25) is 14.7 Å². The molecule has 1 atom stereocenters. The van der Waals surface area contributed by atoms with Gasteiger partial charge in [-0.2, -0.15) is 0 Å². The van der Waals surface area contributed by atoms with Gasteiger partial charge in [-0.15, -0.1) is 0 Å². The van der Waals surface area contributed by atoms with Crippen LogP contribution in [-0.4, -0.2) is 53.7 Å². The molecule has 2 saturated heterocycles. The topological polar surface area (TPSA) is 54.5 Å². The lowest BCUT2D eigenvalue weighted by Crippen LogP contribution is -2.45. The largest absolute Gasteiger partial charge is 0.370 e. The Labute approximate surface area is 162 Å². The number of rotatable bonds is 6. The fourth-order valence-corrected chi connectivity index (χ4v) is 3.78. The molecule has 1 aromatic rings. The highest BCUT2D eigenvalue weighted by molar-refractivity contribution is 5.91. The number of hydrogen-bond acceptors (Lipinski definition) is 4. The number of ether oxygens (including phenoxy) is 1. The van der Waals surface area contributed by atoms with E-state index in [0.29, 0.717) is 6.54 Å². The zero-order valence-corrected chi connectivity index (χ0v) is 16.5. The van der Waals surface area contributed by atoms with Gasteiger partial charge in [-0.1, -0.05) is 11.6 Å². The monoisotopic (exact) mass is 369 g/mol. The van der Waals surface area contributed by atoms with E-state index in [9.17, 15) is 4.79 Å². The fourth-order valence-electron chi connectivity index (χ4n) is 3.78. The summed E-state index contributed by atoms with van der Waals surface area (Å²) in [7, 11) is 0. The number of allylic oxidation sites excluding steroid dienone is 1. The number of hydrogen-bond donors (Lipinski definition) is 1. The third-order valence-corrected chi connectivity index (χ3v) is 5.50. The van der Waals surface area contributed by atoms with Crippen LogP contribution in [0.5, 0.6) is 0 Å². The second-order valence-electron chi connectivity index (χ2n) is 7.90. The van der Waals surface area contributed by atoms with Crippen LogP contribution in [0, 0.1) is 0 Å². The van der Waals surface area contributed by atoms with Crippen molar-refractivity contribution >= 4 is 12.0 Å². The van der Waals surface area contributed by atoms with Gasteiger partial charge in [0.15, 0.2) is 0 Å². The van der Waals surface area contributed by atoms with Gasteiger partial charge in [0.25, 0.3) is 0 Å². The summed E-state index contributed by atoms with van der Waals surface area (Å²) in [5.41, 5.74) is 2.38. The van der Waals surface area contributed by atoms with Crippen LogP contribution in [0.15, 0.2) is 42.3 Å². The van der Waals surface area contributed by atoms with Gasteiger partial charge in [0.05, 0.1) is 11.7 Å². The standard InChI is InChI=1S/C22H31N3O2/c1-18(2)8-14-25-15-10-22(11-16-25)9-5-20(27-22)17-24-21(26)4-3-19-6-12-23-13-7-19/h3-4,6-8,12-13,20H,5,9-11,14-17H2,1-2H3,(H,24,26)/b4-3+. The van der Waals surface area contributed by atoms with Gasteiger partial charge < -0.3 is 10.1 Å². The van der Waals surface area contributed by atoms with Crippen LogP contribution in [0.4, 0.5) is 0 Å². The van der Waals surface area contributed by atoms with Gasteiger partial charge >= 0.3 is 0 Å². The van der Waals surface area contributed by atoms with Gasteiger partial charge in [0.2, 0.25) is 5.91 Å². The molecule has 1 N–H and O–H groups in total. The number of aromatic nitrogens is 1. The Bertz CT molecular complexity index is 672. The SMILES string of the molecule is CC(C)=CCN1CCC2(CCC(CNC(=O)/C=C/c3ccncc3)O2)CC1. The minimum Gasteiger partial charge on any atom is -0.370 e. The molecule has 1 spiro atoms. The van der Waals surface area contributed by atoms with Crippen molar-refractivity contribution in [3.8, 4) is 0 Å². The molecular formula is C22H31N3O2. The maximum absolute atomic E-state index is 12.0. The van der Waals surface area contributed by atoms with Crippen LogP contribution in [0.1, 0.15) is 45.1 Å². The zero-order chi connectivity index (χ0) is 19.1. The molecular weight excluding hydrogens is 338 g/mol. The van der Waals surface area contributed by atoms with Crippen molar-refractivity contribution in [3.63, 3.8) is 0 Å². The third-order valence-electron chi connectivity index (χ3n) is 5.50. The Morgan fingerprint density at radius 3 is 2.74 bits per heavy atom. The smallest absolute Gasteiger partial charge is 0.244 e. The fraction of sp³-hybridized carbons (Fsp3) is 0.545. The lowest BCUT2D eigenvalue weighted by atomic mass is 9.88. The average Bonchev–Trinajstić information content (AvgIpc) is 3.08. The highest BCUT2D eigenvalue weighted by Crippen LogP contribution is 2.38. The second kappa shape index (κ2) is 9.29. The lowest BCUT2D eigenvalue weighted by Gasteiger charge is -2.39. The first-order valence-corrected chi connectivity index (χ1v) is 9.94. The molecule has 0 aromatic carbocycles. The van der Waals surface area contributed by atoms with Crippen LogP contribution in [0.2, 0.25) is 0 Å². The molecule has 5 heteroatoms. The van der Waals surface area contributed by atoms with E-state index in [1.54, 1.807) is 24.5 Å². The van der Waals surface area contributed by atoms with Crippen molar-refractivity contribution in [1.82, 2.24) is 15.2 Å². The molecule has 2 fully saturated rings. The summed E-state index contributed by atoms with van der Waals surface area (Å²) in [6, 6.07) is 3.75. The highest BCUT2D eigenvalue weighted by atomic mass is 16.5. The summed E-state index contributed by atoms with van der Waals surface area (Å²) in [6.45, 7) is 8.12. The van der Waals surface area contributed by atoms with Crippen LogP contribution in [0.25, 0.3) is 6.08 Å². The third kappa shape index (κ3) is 6.01. The molecule has 3 rings (SSSR count). The van der Waals surface area contributed by atoms with E-state index in [1.165, 1.54) is 5.57 Å². The highest BCUT2D eigenvalue weighted by Gasteiger charge is 2.42. The quantitative estimate of drug-likeness (QED) is 0.618. The molecule has 3 heterocycles. The molecule has 1 aromatic heterocycles. The first kappa shape index (κ1) is 19.8. The summed E-state index contributed by atoms with van der Waals surface area (Å²) in [4.78, 5) is 18.5. The van der Waals surface area contributed by atoms with E-state index >= 15 is 0 Å². The lowest BCUT2D eigenvalue weighted by molar-refractivity contribution is -0.118. The number of carbonyl (C=O) groups excluding carboxylic acids is 1. The first-order chi connectivity index (χ1) is 13.0. The molecule has 1 amide bonds. The van der Waals surface area contributed by atoms with Crippen molar-refractivity contribution in [2.45, 2.75) is 51.2 Å².